The highest BCUT2D eigenvalue weighted by Gasteiger charge is 2.05. The van der Waals surface area contributed by atoms with E-state index in [0.717, 1.165) is 0 Å². The normalized spacial score (nSPS) is 11.8. The second-order valence-electron chi connectivity index (χ2n) is 2.59. The van der Waals surface area contributed by atoms with Gasteiger partial charge in [0.05, 0.1) is 0 Å². The van der Waals surface area contributed by atoms with E-state index in [2.05, 4.69) is 23.3 Å². The molecule has 0 fully saturated rings. The maximum atomic E-state index is 10.4. The van der Waals surface area contributed by atoms with Gasteiger partial charge in [-0.2, -0.15) is 12.6 Å². The summed E-state index contributed by atoms with van der Waals surface area (Å²) >= 11 is 4.10. The zero-order valence-electron chi connectivity index (χ0n) is 7.37. The van der Waals surface area contributed by atoms with Gasteiger partial charge < -0.3 is 10.6 Å². The van der Waals surface area contributed by atoms with Crippen LogP contribution in [0.25, 0.3) is 0 Å². The highest BCUT2D eigenvalue weighted by molar-refractivity contribution is 7.81. The Balaban J connectivity index is 3.35. The van der Waals surface area contributed by atoms with Crippen molar-refractivity contribution in [3.63, 3.8) is 0 Å². The first kappa shape index (κ1) is 12.1. The van der Waals surface area contributed by atoms with E-state index < -0.39 is 6.09 Å². The van der Waals surface area contributed by atoms with E-state index in [4.69, 9.17) is 0 Å². The Bertz CT molecular complexity index is 187. The number of hydrogen-bond donors (Lipinski definition) is 3. The second kappa shape index (κ2) is 6.59. The van der Waals surface area contributed by atoms with Gasteiger partial charge in [0.1, 0.15) is 0 Å². The van der Waals surface area contributed by atoms with E-state index in [1.807, 2.05) is 0 Å². The van der Waals surface area contributed by atoms with Gasteiger partial charge >= 0.3 is 6.09 Å². The summed E-state index contributed by atoms with van der Waals surface area (Å²) in [6.07, 6.45) is -0.693. The van der Waals surface area contributed by atoms with E-state index in [-0.39, 0.29) is 17.7 Å². The summed E-state index contributed by atoms with van der Waals surface area (Å²) in [6.45, 7) is 2.15. The van der Waals surface area contributed by atoms with Gasteiger partial charge in [-0.3, -0.25) is 4.79 Å². The monoisotopic (exact) mass is 205 g/mol. The maximum Gasteiger partial charge on any atom is 0.450 e. The van der Waals surface area contributed by atoms with Crippen LogP contribution in [0.2, 0.25) is 0 Å². The smallest absolute Gasteiger partial charge is 0.356 e. The minimum atomic E-state index is -1.31. The third-order valence-electron chi connectivity index (χ3n) is 1.33. The van der Waals surface area contributed by atoms with Gasteiger partial charge in [-0.05, 0) is 6.42 Å². The minimum absolute atomic E-state index is 0.103. The Hall–Kier alpha value is -0.910. The molecule has 0 aliphatic carbocycles. The summed E-state index contributed by atoms with van der Waals surface area (Å²) in [5.41, 5.74) is 0. The molecule has 0 spiro atoms. The molecule has 0 saturated heterocycles. The third-order valence-corrected chi connectivity index (χ3v) is 1.77. The van der Waals surface area contributed by atoms with Gasteiger partial charge in [-0.15, -0.1) is 0 Å². The third kappa shape index (κ3) is 9.00. The summed E-state index contributed by atoms with van der Waals surface area (Å²) < 4.78 is 0. The minimum Gasteiger partial charge on any atom is -0.356 e. The van der Waals surface area contributed by atoms with Gasteiger partial charge in [0, 0.05) is 25.3 Å². The molecular weight excluding hydrogens is 192 g/mol. The number of amides is 2. The van der Waals surface area contributed by atoms with Gasteiger partial charge in [0.25, 0.3) is 0 Å². The molecule has 0 aromatic rings. The van der Waals surface area contributed by atoms with Crippen molar-refractivity contribution in [3.05, 3.63) is 0 Å². The molecule has 2 amide bonds. The highest BCUT2D eigenvalue weighted by Crippen LogP contribution is 1.97. The molecule has 6 heteroatoms. The number of thiol groups is 1. The summed E-state index contributed by atoms with van der Waals surface area (Å²) in [5.74, 6) is -0.103. The van der Waals surface area contributed by atoms with Gasteiger partial charge in [0.2, 0.25) is 5.91 Å². The summed E-state index contributed by atoms with van der Waals surface area (Å²) in [7, 11) is 0. The van der Waals surface area contributed by atoms with Crippen LogP contribution in [-0.2, 0) is 9.90 Å². The summed E-state index contributed by atoms with van der Waals surface area (Å²) in [6, 6.07) is 0. The number of carbonyl (C=O) groups is 2. The number of rotatable bonds is 5. The lowest BCUT2D eigenvalue weighted by molar-refractivity contribution is -0.118. The van der Waals surface area contributed by atoms with Gasteiger partial charge in [0.15, 0.2) is 0 Å². The van der Waals surface area contributed by atoms with Crippen LogP contribution in [0, 0.1) is 0 Å². The van der Waals surface area contributed by atoms with Crippen LogP contribution in [0.1, 0.15) is 13.3 Å². The molecule has 0 aromatic carbocycles. The lowest BCUT2D eigenvalue weighted by atomic mass is 10.3. The molecular formula is C7H13N2O3S. The van der Waals surface area contributed by atoms with Crippen molar-refractivity contribution < 1.29 is 14.7 Å². The molecule has 0 heterocycles. The molecule has 0 aliphatic rings. The average Bonchev–Trinajstić information content (AvgIpc) is 2.00. The largest absolute Gasteiger partial charge is 0.450 e. The van der Waals surface area contributed by atoms with Crippen LogP contribution in [0.4, 0.5) is 4.79 Å². The lowest BCUT2D eigenvalue weighted by Gasteiger charge is -2.09. The molecule has 1 radical (unpaired) electrons. The maximum absolute atomic E-state index is 10.4. The Morgan fingerprint density at radius 3 is 2.46 bits per heavy atom. The zero-order valence-corrected chi connectivity index (χ0v) is 8.27. The molecule has 1 unspecified atom stereocenters. The fraction of sp³-hybridized carbons (Fsp3) is 0.714. The predicted molar refractivity (Wildman–Crippen MR) is 50.2 cm³/mol. The molecule has 0 aromatic heterocycles. The van der Waals surface area contributed by atoms with E-state index in [9.17, 15) is 14.7 Å². The molecule has 0 rings (SSSR count). The Morgan fingerprint density at radius 2 is 2.00 bits per heavy atom. The molecule has 75 valence electrons. The predicted octanol–water partition coefficient (Wildman–Crippen LogP) is -0.0489. The first-order chi connectivity index (χ1) is 6.02. The van der Waals surface area contributed by atoms with E-state index in [1.54, 1.807) is 0 Å². The van der Waals surface area contributed by atoms with Crippen LogP contribution in [0.3, 0.4) is 0 Å². The van der Waals surface area contributed by atoms with E-state index in [0.29, 0.717) is 13.0 Å². The van der Waals surface area contributed by atoms with Crippen molar-refractivity contribution in [3.8, 4) is 0 Å². The fourth-order valence-corrected chi connectivity index (χ4v) is 0.938. The topological polar surface area (TPSA) is 78.1 Å². The Morgan fingerprint density at radius 1 is 1.38 bits per heavy atom. The second-order valence-corrected chi connectivity index (χ2v) is 3.32. The first-order valence-electron chi connectivity index (χ1n) is 3.89. The lowest BCUT2D eigenvalue weighted by Crippen LogP contribution is -2.30. The van der Waals surface area contributed by atoms with Crippen LogP contribution in [0.15, 0.2) is 0 Å². The SMILES string of the molecule is CC(=O)NCCC(S)CNC([O])=O. The molecule has 13 heavy (non-hydrogen) atoms. The van der Waals surface area contributed by atoms with Crippen LogP contribution >= 0.6 is 12.6 Å². The molecule has 0 aliphatic heterocycles. The summed E-state index contributed by atoms with van der Waals surface area (Å²) in [5, 5.41) is 14.5. The molecule has 2 N–H and O–H groups in total. The van der Waals surface area contributed by atoms with Gasteiger partial charge in [-0.1, -0.05) is 0 Å². The highest BCUT2D eigenvalue weighted by atomic mass is 32.1. The van der Waals surface area contributed by atoms with E-state index in [1.165, 1.54) is 6.92 Å². The molecule has 0 saturated carbocycles. The average molecular weight is 205 g/mol. The Kier molecular flexibility index (Phi) is 6.13. The van der Waals surface area contributed by atoms with Crippen molar-refractivity contribution in [2.24, 2.45) is 0 Å². The number of nitrogens with one attached hydrogen (secondary N) is 2. The molecule has 0 bridgehead atoms. The van der Waals surface area contributed by atoms with Crippen molar-refractivity contribution in [1.29, 1.82) is 0 Å². The number of hydrogen-bond acceptors (Lipinski definition) is 3. The van der Waals surface area contributed by atoms with Crippen molar-refractivity contribution >= 4 is 24.6 Å². The zero-order chi connectivity index (χ0) is 10.3. The van der Waals surface area contributed by atoms with Crippen molar-refractivity contribution in [2.75, 3.05) is 13.1 Å². The molecule has 1 atom stereocenters. The van der Waals surface area contributed by atoms with Crippen LogP contribution < -0.4 is 10.6 Å². The number of carbonyl (C=O) groups excluding carboxylic acids is 2. The molecule has 5 nitrogen and oxygen atoms in total. The standard InChI is InChI=1S/C7H13N2O3S/c1-5(10)8-3-2-6(13)4-9-7(11)12/h6,9,13H,2-4H2,1H3,(H,8,10). The van der Waals surface area contributed by atoms with Crippen molar-refractivity contribution in [2.45, 2.75) is 18.6 Å². The Labute approximate surface area is 82.3 Å². The van der Waals surface area contributed by atoms with Crippen molar-refractivity contribution in [1.82, 2.24) is 10.6 Å². The fourth-order valence-electron chi connectivity index (χ4n) is 0.718. The summed E-state index contributed by atoms with van der Waals surface area (Å²) in [4.78, 5) is 20.4. The first-order valence-corrected chi connectivity index (χ1v) is 4.41. The van der Waals surface area contributed by atoms with E-state index >= 15 is 0 Å². The quantitative estimate of drug-likeness (QED) is 0.550. The van der Waals surface area contributed by atoms with Crippen LogP contribution in [-0.4, -0.2) is 30.3 Å². The van der Waals surface area contributed by atoms with Gasteiger partial charge in [-0.25, -0.2) is 9.90 Å². The van der Waals surface area contributed by atoms with Crippen LogP contribution in [0.5, 0.6) is 0 Å².